The van der Waals surface area contributed by atoms with Crippen molar-refractivity contribution in [2.45, 2.75) is 39.2 Å². The number of hydrogen-bond acceptors (Lipinski definition) is 4. The van der Waals surface area contributed by atoms with Crippen molar-refractivity contribution < 1.29 is 4.74 Å². The van der Waals surface area contributed by atoms with Crippen LogP contribution in [0.1, 0.15) is 36.6 Å². The largest absolute Gasteiger partial charge is 0.381 e. The fourth-order valence-corrected chi connectivity index (χ4v) is 4.27. The fourth-order valence-electron chi connectivity index (χ4n) is 3.56. The van der Waals surface area contributed by atoms with Crippen molar-refractivity contribution in [2.24, 2.45) is 5.41 Å². The van der Waals surface area contributed by atoms with E-state index in [0.29, 0.717) is 5.41 Å². The van der Waals surface area contributed by atoms with Gasteiger partial charge >= 0.3 is 0 Å². The van der Waals surface area contributed by atoms with Crippen molar-refractivity contribution in [3.8, 4) is 0 Å². The number of aromatic nitrogens is 1. The summed E-state index contributed by atoms with van der Waals surface area (Å²) in [6.07, 6.45) is 8.73. The van der Waals surface area contributed by atoms with Gasteiger partial charge < -0.3 is 4.74 Å². The number of likely N-dealkylation sites (tertiary alicyclic amines) is 1. The van der Waals surface area contributed by atoms with Crippen LogP contribution in [0.4, 0.5) is 0 Å². The number of hydrogen-bond donors (Lipinski definition) is 0. The monoisotopic (exact) mass is 344 g/mol. The molecule has 0 atom stereocenters. The average Bonchev–Trinajstić information content (AvgIpc) is 3.15. The number of aryl methyl sites for hydroxylation is 1. The second kappa shape index (κ2) is 8.75. The second-order valence-electron chi connectivity index (χ2n) is 6.85. The molecule has 3 rings (SSSR count). The summed E-state index contributed by atoms with van der Waals surface area (Å²) in [5.41, 5.74) is 1.67. The van der Waals surface area contributed by atoms with Crippen molar-refractivity contribution in [2.75, 3.05) is 26.3 Å². The molecule has 3 heterocycles. The van der Waals surface area contributed by atoms with Gasteiger partial charge in [0.05, 0.1) is 6.61 Å². The minimum absolute atomic E-state index is 0.353. The normalized spacial score (nSPS) is 17.9. The molecule has 4 heteroatoms. The highest BCUT2D eigenvalue weighted by Crippen LogP contribution is 2.37. The lowest BCUT2D eigenvalue weighted by Crippen LogP contribution is -2.42. The van der Waals surface area contributed by atoms with E-state index in [2.05, 4.69) is 40.4 Å². The van der Waals surface area contributed by atoms with Gasteiger partial charge in [-0.25, -0.2) is 0 Å². The topological polar surface area (TPSA) is 25.4 Å². The first-order chi connectivity index (χ1) is 11.8. The molecule has 24 heavy (non-hydrogen) atoms. The molecule has 1 aliphatic heterocycles. The predicted molar refractivity (Wildman–Crippen MR) is 100 cm³/mol. The molecule has 0 aromatic carbocycles. The zero-order valence-electron chi connectivity index (χ0n) is 14.6. The Morgan fingerprint density at radius 3 is 2.79 bits per heavy atom. The lowest BCUT2D eigenvalue weighted by molar-refractivity contribution is -0.00222. The summed E-state index contributed by atoms with van der Waals surface area (Å²) in [4.78, 5) is 8.30. The maximum Gasteiger partial charge on any atom is 0.0523 e. The first kappa shape index (κ1) is 17.6. The zero-order chi connectivity index (χ0) is 16.7. The molecule has 1 aliphatic rings. The summed E-state index contributed by atoms with van der Waals surface area (Å²) in [6, 6.07) is 8.62. The van der Waals surface area contributed by atoms with Crippen molar-refractivity contribution in [3.63, 3.8) is 0 Å². The maximum absolute atomic E-state index is 5.87. The molecule has 0 N–H and O–H groups in total. The van der Waals surface area contributed by atoms with Crippen LogP contribution in [0, 0.1) is 5.41 Å². The van der Waals surface area contributed by atoms with Gasteiger partial charge in [0.1, 0.15) is 0 Å². The lowest BCUT2D eigenvalue weighted by atomic mass is 9.75. The molecule has 2 aromatic rings. The molecule has 2 aromatic heterocycles. The minimum Gasteiger partial charge on any atom is -0.381 e. The van der Waals surface area contributed by atoms with Gasteiger partial charge in [0, 0.05) is 30.4 Å². The van der Waals surface area contributed by atoms with Crippen LogP contribution < -0.4 is 0 Å². The summed E-state index contributed by atoms with van der Waals surface area (Å²) in [5, 5.41) is 2.18. The van der Waals surface area contributed by atoms with Crippen molar-refractivity contribution in [1.82, 2.24) is 9.88 Å². The van der Waals surface area contributed by atoms with Gasteiger partial charge in [0.2, 0.25) is 0 Å². The van der Waals surface area contributed by atoms with Crippen molar-refractivity contribution in [3.05, 3.63) is 52.5 Å². The zero-order valence-corrected chi connectivity index (χ0v) is 15.4. The molecule has 0 spiro atoms. The molecule has 1 fully saturated rings. The molecule has 3 nitrogen and oxygen atoms in total. The molecule has 130 valence electrons. The number of rotatable bonds is 8. The molecular formula is C20H28N2OS. The highest BCUT2D eigenvalue weighted by Gasteiger charge is 2.34. The Hall–Kier alpha value is -1.23. The Morgan fingerprint density at radius 1 is 1.25 bits per heavy atom. The van der Waals surface area contributed by atoms with Crippen LogP contribution in [0.5, 0.6) is 0 Å². The third kappa shape index (κ3) is 4.88. The third-order valence-corrected chi connectivity index (χ3v) is 6.08. The maximum atomic E-state index is 5.87. The summed E-state index contributed by atoms with van der Waals surface area (Å²) >= 11 is 1.88. The fraction of sp³-hybridized carbons (Fsp3) is 0.550. The molecular weight excluding hydrogens is 316 g/mol. The van der Waals surface area contributed by atoms with Gasteiger partial charge in [0.25, 0.3) is 0 Å². The number of piperidine rings is 1. The van der Waals surface area contributed by atoms with E-state index in [9.17, 15) is 0 Å². The molecule has 1 saturated heterocycles. The minimum atomic E-state index is 0.353. The standard InChI is InChI=1S/C20H28N2OS/c1-2-23-17-20(8-7-19-6-4-14-24-19)9-12-22(13-10-20)16-18-5-3-11-21-15-18/h3-6,11,14-15H,2,7-10,12-13,16-17H2,1H3. The Kier molecular flexibility index (Phi) is 6.41. The first-order valence-electron chi connectivity index (χ1n) is 9.01. The van der Waals surface area contributed by atoms with Gasteiger partial charge in [-0.1, -0.05) is 12.1 Å². The molecule has 0 unspecified atom stereocenters. The van der Waals surface area contributed by atoms with Gasteiger partial charge in [-0.2, -0.15) is 0 Å². The third-order valence-electron chi connectivity index (χ3n) is 5.14. The molecule has 0 amide bonds. The molecule has 0 aliphatic carbocycles. The first-order valence-corrected chi connectivity index (χ1v) is 9.89. The van der Waals surface area contributed by atoms with Gasteiger partial charge in [-0.05, 0) is 74.2 Å². The number of thiophene rings is 1. The van der Waals surface area contributed by atoms with Crippen LogP contribution >= 0.6 is 11.3 Å². The van der Waals surface area contributed by atoms with Crippen molar-refractivity contribution >= 4 is 11.3 Å². The predicted octanol–water partition coefficient (Wildman–Crippen LogP) is 4.39. The van der Waals surface area contributed by atoms with Gasteiger partial charge in [0.15, 0.2) is 0 Å². The smallest absolute Gasteiger partial charge is 0.0523 e. The van der Waals surface area contributed by atoms with Crippen LogP contribution in [0.15, 0.2) is 42.0 Å². The molecule has 0 radical (unpaired) electrons. The van der Waals surface area contributed by atoms with Crippen LogP contribution in [0.3, 0.4) is 0 Å². The van der Waals surface area contributed by atoms with E-state index in [4.69, 9.17) is 4.74 Å². The highest BCUT2D eigenvalue weighted by molar-refractivity contribution is 7.09. The summed E-state index contributed by atoms with van der Waals surface area (Å²) in [6.45, 7) is 7.17. The second-order valence-corrected chi connectivity index (χ2v) is 7.89. The van der Waals surface area contributed by atoms with E-state index in [0.717, 1.165) is 32.8 Å². The SMILES string of the molecule is CCOCC1(CCc2cccs2)CCN(Cc2cccnc2)CC1. The van der Waals surface area contributed by atoms with E-state index in [-0.39, 0.29) is 0 Å². The Bertz CT molecular complexity index is 577. The van der Waals surface area contributed by atoms with E-state index in [1.165, 1.54) is 36.1 Å². The molecule has 0 saturated carbocycles. The van der Waals surface area contributed by atoms with Gasteiger partial charge in [-0.15, -0.1) is 11.3 Å². The lowest BCUT2D eigenvalue weighted by Gasteiger charge is -2.42. The highest BCUT2D eigenvalue weighted by atomic mass is 32.1. The van der Waals surface area contributed by atoms with Crippen LogP contribution in [-0.4, -0.2) is 36.2 Å². The van der Waals surface area contributed by atoms with E-state index < -0.39 is 0 Å². The van der Waals surface area contributed by atoms with Gasteiger partial charge in [-0.3, -0.25) is 9.88 Å². The number of nitrogens with zero attached hydrogens (tertiary/aromatic N) is 2. The van der Waals surface area contributed by atoms with E-state index in [1.807, 2.05) is 29.8 Å². The summed E-state index contributed by atoms with van der Waals surface area (Å²) in [5.74, 6) is 0. The summed E-state index contributed by atoms with van der Waals surface area (Å²) in [7, 11) is 0. The Balaban J connectivity index is 1.55. The Labute approximate surface area is 149 Å². The Morgan fingerprint density at radius 2 is 2.12 bits per heavy atom. The molecule has 0 bridgehead atoms. The van der Waals surface area contributed by atoms with E-state index >= 15 is 0 Å². The van der Waals surface area contributed by atoms with Crippen LogP contribution in [0.25, 0.3) is 0 Å². The van der Waals surface area contributed by atoms with Crippen molar-refractivity contribution in [1.29, 1.82) is 0 Å². The number of ether oxygens (including phenoxy) is 1. The number of pyridine rings is 1. The van der Waals surface area contributed by atoms with E-state index in [1.54, 1.807) is 0 Å². The van der Waals surface area contributed by atoms with Crippen LogP contribution in [-0.2, 0) is 17.7 Å². The summed E-state index contributed by atoms with van der Waals surface area (Å²) < 4.78 is 5.87. The van der Waals surface area contributed by atoms with Crippen LogP contribution in [0.2, 0.25) is 0 Å². The average molecular weight is 345 g/mol. The quantitative estimate of drug-likeness (QED) is 0.710.